The molecule has 0 heterocycles. The second-order valence-corrected chi connectivity index (χ2v) is 12.8. The van der Waals surface area contributed by atoms with Crippen molar-refractivity contribution in [2.45, 2.75) is 199 Å². The van der Waals surface area contributed by atoms with E-state index in [0.717, 1.165) is 24.7 Å². The van der Waals surface area contributed by atoms with Crippen LogP contribution < -0.4 is 0 Å². The van der Waals surface area contributed by atoms with Crippen molar-refractivity contribution in [1.82, 2.24) is 0 Å². The summed E-state index contributed by atoms with van der Waals surface area (Å²) in [6, 6.07) is 0. The fraction of sp³-hybridized carbons (Fsp3) is 1.00. The third-order valence-corrected chi connectivity index (χ3v) is 9.19. The highest BCUT2D eigenvalue weighted by Crippen LogP contribution is 2.37. The molecule has 37 heavy (non-hydrogen) atoms. The Bertz CT molecular complexity index is 385. The summed E-state index contributed by atoms with van der Waals surface area (Å²) in [5, 5.41) is 17.6. The molecule has 1 rings (SSSR count). The number of aliphatic hydroxyl groups excluding tert-OH is 2. The average molecular weight is 523 g/mol. The zero-order chi connectivity index (χ0) is 26.5. The van der Waals surface area contributed by atoms with Gasteiger partial charge in [0.1, 0.15) is 0 Å². The fourth-order valence-corrected chi connectivity index (χ4v) is 6.68. The number of hydrogen-bond acceptors (Lipinski definition) is 2. The van der Waals surface area contributed by atoms with Crippen LogP contribution in [0.5, 0.6) is 0 Å². The van der Waals surface area contributed by atoms with Gasteiger partial charge in [0.2, 0.25) is 0 Å². The van der Waals surface area contributed by atoms with E-state index < -0.39 is 0 Å². The SMILES string of the molecule is OCCCCCCCCCCCCCCC[C@H]1CC[C@H](CCCCCCCCCCCCCCCO)C1. The monoisotopic (exact) mass is 523 g/mol. The Morgan fingerprint density at radius 1 is 0.297 bits per heavy atom. The van der Waals surface area contributed by atoms with Gasteiger partial charge >= 0.3 is 0 Å². The fourth-order valence-electron chi connectivity index (χ4n) is 6.68. The summed E-state index contributed by atoms with van der Waals surface area (Å²) < 4.78 is 0. The first-order valence-electron chi connectivity index (χ1n) is 17.6. The molecule has 2 heteroatoms. The molecule has 0 unspecified atom stereocenters. The molecule has 0 radical (unpaired) electrons. The molecule has 222 valence electrons. The van der Waals surface area contributed by atoms with Crippen LogP contribution in [0.3, 0.4) is 0 Å². The standard InChI is InChI=1S/C35H70O2/c36-31-25-21-17-13-9-5-1-3-7-11-15-19-23-27-34-29-30-35(33-34)28-24-20-16-12-8-4-2-6-10-14-18-22-26-32-37/h34-37H,1-33H2/t34-,35-/m0/s1. The maximum atomic E-state index is 8.80. The molecule has 0 aromatic rings. The first kappa shape index (κ1) is 34.9. The van der Waals surface area contributed by atoms with Gasteiger partial charge in [0, 0.05) is 13.2 Å². The summed E-state index contributed by atoms with van der Waals surface area (Å²) in [5.74, 6) is 2.13. The Kier molecular flexibility index (Phi) is 27.3. The van der Waals surface area contributed by atoms with Crippen molar-refractivity contribution < 1.29 is 10.2 Å². The highest BCUT2D eigenvalue weighted by Gasteiger charge is 2.23. The lowest BCUT2D eigenvalue weighted by atomic mass is 9.95. The van der Waals surface area contributed by atoms with Crippen LogP contribution >= 0.6 is 0 Å². The molecule has 2 atom stereocenters. The Labute approximate surface area is 234 Å². The lowest BCUT2D eigenvalue weighted by Gasteiger charge is -2.11. The molecular weight excluding hydrogens is 452 g/mol. The Balaban J connectivity index is 1.74. The summed E-state index contributed by atoms with van der Waals surface area (Å²) in [4.78, 5) is 0. The molecular formula is C35H70O2. The maximum Gasteiger partial charge on any atom is 0.0431 e. The van der Waals surface area contributed by atoms with Gasteiger partial charge in [-0.2, -0.15) is 0 Å². The quantitative estimate of drug-likeness (QED) is 0.0921. The van der Waals surface area contributed by atoms with Crippen molar-refractivity contribution in [2.75, 3.05) is 13.2 Å². The van der Waals surface area contributed by atoms with Gasteiger partial charge in [-0.05, 0) is 31.1 Å². The van der Waals surface area contributed by atoms with Crippen LogP contribution in [0.15, 0.2) is 0 Å². The zero-order valence-corrected chi connectivity index (χ0v) is 25.4. The molecule has 0 bridgehead atoms. The largest absolute Gasteiger partial charge is 0.396 e. The van der Waals surface area contributed by atoms with Gasteiger partial charge < -0.3 is 10.2 Å². The van der Waals surface area contributed by atoms with Gasteiger partial charge in [-0.25, -0.2) is 0 Å². The maximum absolute atomic E-state index is 8.80. The molecule has 1 saturated carbocycles. The molecule has 0 amide bonds. The predicted octanol–water partition coefficient (Wildman–Crippen LogP) is 11.3. The third-order valence-electron chi connectivity index (χ3n) is 9.19. The number of rotatable bonds is 30. The second-order valence-electron chi connectivity index (χ2n) is 12.8. The Morgan fingerprint density at radius 3 is 0.757 bits per heavy atom. The minimum atomic E-state index is 0.372. The van der Waals surface area contributed by atoms with Crippen LogP contribution in [0.1, 0.15) is 199 Å². The summed E-state index contributed by atoms with van der Waals surface area (Å²) in [7, 11) is 0. The highest BCUT2D eigenvalue weighted by molar-refractivity contribution is 4.75. The van der Waals surface area contributed by atoms with Gasteiger partial charge in [-0.1, -0.05) is 180 Å². The molecule has 2 N–H and O–H groups in total. The molecule has 1 aliphatic rings. The number of unbranched alkanes of at least 4 members (excludes halogenated alkanes) is 24. The van der Waals surface area contributed by atoms with E-state index >= 15 is 0 Å². The van der Waals surface area contributed by atoms with E-state index in [4.69, 9.17) is 10.2 Å². The van der Waals surface area contributed by atoms with Gasteiger partial charge in [-0.15, -0.1) is 0 Å². The van der Waals surface area contributed by atoms with E-state index in [0.29, 0.717) is 13.2 Å². The lowest BCUT2D eigenvalue weighted by molar-refractivity contribution is 0.282. The van der Waals surface area contributed by atoms with Crippen molar-refractivity contribution in [3.8, 4) is 0 Å². The lowest BCUT2D eigenvalue weighted by Crippen LogP contribution is -1.97. The second kappa shape index (κ2) is 28.9. The summed E-state index contributed by atoms with van der Waals surface area (Å²) >= 11 is 0. The van der Waals surface area contributed by atoms with Crippen LogP contribution in [0.2, 0.25) is 0 Å². The minimum Gasteiger partial charge on any atom is -0.396 e. The summed E-state index contributed by atoms with van der Waals surface area (Å²) in [6.45, 7) is 0.745. The number of hydrogen-bond donors (Lipinski definition) is 2. The normalized spacial score (nSPS) is 17.7. The summed E-state index contributed by atoms with van der Waals surface area (Å²) in [5.41, 5.74) is 0. The van der Waals surface area contributed by atoms with Gasteiger partial charge in [0.15, 0.2) is 0 Å². The van der Waals surface area contributed by atoms with Crippen molar-refractivity contribution in [2.24, 2.45) is 11.8 Å². The van der Waals surface area contributed by atoms with Gasteiger partial charge in [0.05, 0.1) is 0 Å². The van der Waals surface area contributed by atoms with E-state index in [1.54, 1.807) is 6.42 Å². The molecule has 1 aliphatic carbocycles. The van der Waals surface area contributed by atoms with Crippen LogP contribution in [-0.2, 0) is 0 Å². The first-order valence-corrected chi connectivity index (χ1v) is 17.6. The smallest absolute Gasteiger partial charge is 0.0431 e. The van der Waals surface area contributed by atoms with Crippen molar-refractivity contribution in [3.63, 3.8) is 0 Å². The third kappa shape index (κ3) is 24.7. The molecule has 0 aliphatic heterocycles. The van der Waals surface area contributed by atoms with E-state index in [2.05, 4.69) is 0 Å². The molecule has 1 fully saturated rings. The average Bonchev–Trinajstić information content (AvgIpc) is 3.36. The van der Waals surface area contributed by atoms with Gasteiger partial charge in [0.25, 0.3) is 0 Å². The van der Waals surface area contributed by atoms with E-state index in [1.807, 2.05) is 0 Å². The topological polar surface area (TPSA) is 40.5 Å². The predicted molar refractivity (Wildman–Crippen MR) is 164 cm³/mol. The Morgan fingerprint density at radius 2 is 0.514 bits per heavy atom. The zero-order valence-electron chi connectivity index (χ0n) is 25.4. The molecule has 2 nitrogen and oxygen atoms in total. The summed E-state index contributed by atoms with van der Waals surface area (Å²) in [6.07, 6.45) is 43.7. The van der Waals surface area contributed by atoms with Crippen LogP contribution in [0.25, 0.3) is 0 Å². The van der Waals surface area contributed by atoms with Crippen LogP contribution in [0.4, 0.5) is 0 Å². The molecule has 0 aromatic carbocycles. The van der Waals surface area contributed by atoms with Crippen molar-refractivity contribution >= 4 is 0 Å². The van der Waals surface area contributed by atoms with Gasteiger partial charge in [-0.3, -0.25) is 0 Å². The molecule has 0 saturated heterocycles. The van der Waals surface area contributed by atoms with Crippen LogP contribution in [-0.4, -0.2) is 23.4 Å². The van der Waals surface area contributed by atoms with E-state index in [9.17, 15) is 0 Å². The van der Waals surface area contributed by atoms with Crippen LogP contribution in [0, 0.1) is 11.8 Å². The number of aliphatic hydroxyl groups is 2. The van der Waals surface area contributed by atoms with Crippen molar-refractivity contribution in [1.29, 1.82) is 0 Å². The van der Waals surface area contributed by atoms with E-state index in [-0.39, 0.29) is 0 Å². The van der Waals surface area contributed by atoms with E-state index in [1.165, 1.54) is 180 Å². The molecule has 0 aromatic heterocycles. The first-order chi connectivity index (χ1) is 18.4. The molecule has 0 spiro atoms. The van der Waals surface area contributed by atoms with Crippen molar-refractivity contribution in [3.05, 3.63) is 0 Å². The highest BCUT2D eigenvalue weighted by atomic mass is 16.3. The minimum absolute atomic E-state index is 0.372. The Hall–Kier alpha value is -0.0800.